The van der Waals surface area contributed by atoms with E-state index in [0.29, 0.717) is 47.4 Å². The van der Waals surface area contributed by atoms with E-state index in [2.05, 4.69) is 53.4 Å². The summed E-state index contributed by atoms with van der Waals surface area (Å²) < 4.78 is 23.1. The molecule has 14 atom stereocenters. The molecule has 0 saturated carbocycles. The smallest absolute Gasteiger partial charge is 0.407 e. The van der Waals surface area contributed by atoms with Crippen molar-refractivity contribution in [2.24, 2.45) is 11.7 Å². The summed E-state index contributed by atoms with van der Waals surface area (Å²) in [4.78, 5) is 195. The molecule has 41 nitrogen and oxygen atoms in total. The number of hydrogen-bond donors (Lipinski definition) is 22. The van der Waals surface area contributed by atoms with Gasteiger partial charge in [0.25, 0.3) is 0 Å². The van der Waals surface area contributed by atoms with E-state index in [1.807, 2.05) is 6.92 Å². The fourth-order valence-corrected chi connectivity index (χ4v) is 16.1. The van der Waals surface area contributed by atoms with E-state index in [-0.39, 0.29) is 121 Å². The number of nitrogens with zero attached hydrogens (tertiary/aromatic N) is 1. The minimum Gasteiger partial charge on any atom is -0.508 e. The van der Waals surface area contributed by atoms with Crippen LogP contribution in [0.15, 0.2) is 91.0 Å². The van der Waals surface area contributed by atoms with Gasteiger partial charge in [0.15, 0.2) is 23.8 Å². The number of hydrazine groups is 1. The van der Waals surface area contributed by atoms with Gasteiger partial charge >= 0.3 is 6.09 Å². The number of anilines is 1. The van der Waals surface area contributed by atoms with E-state index in [4.69, 9.17) is 30.1 Å². The van der Waals surface area contributed by atoms with E-state index in [0.717, 1.165) is 0 Å². The maximum Gasteiger partial charge on any atom is 0.407 e. The van der Waals surface area contributed by atoms with Crippen LogP contribution in [0.4, 0.5) is 10.5 Å². The quantitative estimate of drug-likeness (QED) is 0.00411. The number of nitrogens with two attached hydrogens (primary N) is 1. The van der Waals surface area contributed by atoms with Gasteiger partial charge in [0.1, 0.15) is 89.9 Å². The first-order valence-corrected chi connectivity index (χ1v) is 42.6. The number of phenolic OH excluding ortho intramolecular Hbond substituents is 4. The number of phenols is 4. The van der Waals surface area contributed by atoms with Crippen LogP contribution in [0, 0.1) is 11.3 Å². The minimum atomic E-state index is -2.47. The van der Waals surface area contributed by atoms with Gasteiger partial charge < -0.3 is 124 Å². The van der Waals surface area contributed by atoms with Crippen LogP contribution in [0.1, 0.15) is 158 Å². The molecule has 0 aromatic heterocycles. The van der Waals surface area contributed by atoms with Gasteiger partial charge in [-0.25, -0.2) is 10.2 Å². The number of ketones is 5. The maximum absolute atomic E-state index is 14.7. The molecule has 2 saturated heterocycles. The number of thioether (sulfide) groups is 1. The van der Waals surface area contributed by atoms with Gasteiger partial charge in [0.2, 0.25) is 64.6 Å². The van der Waals surface area contributed by atoms with E-state index in [1.54, 1.807) is 13.8 Å². The number of alkyl carbamates (subject to hydrolysis) is 1. The highest BCUT2D eigenvalue weighted by Crippen LogP contribution is 2.53. The Morgan fingerprint density at radius 3 is 1.78 bits per heavy atom. The Kier molecular flexibility index (Phi) is 35.7. The van der Waals surface area contributed by atoms with Crippen LogP contribution in [0.2, 0.25) is 0 Å². The molecule has 2 aliphatic carbocycles. The van der Waals surface area contributed by atoms with Gasteiger partial charge in [0.05, 0.1) is 73.2 Å². The van der Waals surface area contributed by atoms with E-state index in [9.17, 15) is 118 Å². The molecule has 4 aliphatic rings. The summed E-state index contributed by atoms with van der Waals surface area (Å²) in [6.07, 6.45) is -7.97. The summed E-state index contributed by atoms with van der Waals surface area (Å²) in [7, 11) is 1.26. The van der Waals surface area contributed by atoms with Crippen LogP contribution in [-0.2, 0) is 92.8 Å². The molecule has 2 aliphatic heterocycles. The highest BCUT2D eigenvalue weighted by atomic mass is 32.2. The number of nitrogens with one attached hydrogen (secondary N) is 11. The van der Waals surface area contributed by atoms with Crippen LogP contribution in [-0.4, -0.2) is 274 Å². The molecular weight excluding hydrogens is 1700 g/mol. The lowest BCUT2D eigenvalue weighted by molar-refractivity contribution is -0.249. The number of aromatic hydroxyl groups is 4. The van der Waals surface area contributed by atoms with Crippen molar-refractivity contribution in [3.8, 4) is 28.7 Å². The zero-order valence-electron chi connectivity index (χ0n) is 70.8. The average Bonchev–Trinajstić information content (AvgIpc) is 0.765. The number of amides is 9. The Morgan fingerprint density at radius 2 is 1.22 bits per heavy atom. The molecule has 0 radical (unpaired) electrons. The number of Topliss-reactive ketones (excluding diaryl/α,β-unsaturated/α-hetero) is 3. The SMILES string of the molecule is CCSC1CC(=O)N(CCCCCC(=O)N[C@@H](CCCNC(=N)N)C(=O)NC(CO)C(=O)N[C@@H](CO)C(=O)NC(Cc2ccc(O)cc2)C(=O)N[C@@H](Cc2ccc(O)cc2)C(=O)NC(CO)C(=O)C(=O)[C@H](CC(C)C)NNc2ccc(COC(=O)NC3C[C@H](O[C@H]4C[C@](O)(C(=O)CO)Cc5c(O)c6c(c(O)c54)C(=O)c4c(OC)cccc4C6=O)O[C@@H](C)[C@H]3O)cc2)C1=O. The lowest BCUT2D eigenvalue weighted by Gasteiger charge is -2.42. The topological polar surface area (TPSA) is 652 Å². The monoisotopic (exact) mass is 1800 g/mol. The molecule has 5 aromatic carbocycles. The van der Waals surface area contributed by atoms with Crippen LogP contribution >= 0.6 is 11.8 Å². The van der Waals surface area contributed by atoms with Gasteiger partial charge in [-0.1, -0.05) is 75.7 Å². The number of carbonyl (C=O) groups excluding carboxylic acids is 14. The second kappa shape index (κ2) is 45.9. The number of methoxy groups -OCH3 is 1. The lowest BCUT2D eigenvalue weighted by atomic mass is 9.72. The number of rotatable bonds is 46. The molecule has 5 unspecified atom stereocenters. The molecule has 23 N–H and O–H groups in total. The zero-order valence-corrected chi connectivity index (χ0v) is 71.7. The highest BCUT2D eigenvalue weighted by Gasteiger charge is 2.51. The van der Waals surface area contributed by atoms with Crippen molar-refractivity contribution in [2.45, 2.75) is 202 Å². The lowest BCUT2D eigenvalue weighted by Crippen LogP contribution is -2.61. The Morgan fingerprint density at radius 1 is 0.664 bits per heavy atom. The van der Waals surface area contributed by atoms with E-state index in [1.165, 1.54) is 122 Å². The predicted octanol–water partition coefficient (Wildman–Crippen LogP) is -1.08. The third kappa shape index (κ3) is 25.6. The fraction of sp³-hybridized carbons (Fsp3) is 0.477. The molecule has 2 heterocycles. The molecule has 5 aromatic rings. The summed E-state index contributed by atoms with van der Waals surface area (Å²) in [6, 6.07) is 7.78. The number of hydrogen-bond acceptors (Lipinski definition) is 32. The number of fused-ring (bicyclic) bond motifs is 3. The Hall–Kier alpha value is -12.3. The van der Waals surface area contributed by atoms with Crippen molar-refractivity contribution in [1.29, 1.82) is 5.41 Å². The number of likely N-dealkylation sites (tertiary alicyclic amines) is 1. The van der Waals surface area contributed by atoms with Gasteiger partial charge in [-0.05, 0) is 110 Å². The standard InChI is InChI=1S/C86H109N13O28S/c1-6-128-62-34-65(108)99(83(62)121)29-9-7-8-15-64(107)90-52(13-11-28-89-84(87)88)78(116)94-59(39-102)82(120)95-58(38-101)81(119)92-55(31-44-18-24-48(104)25-19-44)79(117)91-56(32-45-20-26-49(105)27-21-45)80(118)93-57(37-100)75(113)74(112)54(30-42(2)3)98-97-47-22-16-46(17-23-47)41-125-85(122)96-53-33-66(126-43(4)71(53)109)127-61-36-86(123,63(106)40-103)35-51-68(61)77(115)70-69(73(51)111)72(110)50-12-10-14-60(124-5)67(50)76(70)114/h10,12,14,16-27,42-43,52-59,61-62,66,71,97-98,100-105,109,111,115,123H,6-9,11,13,15,28-41H2,1-5H3,(H,90,107)(H,91,117)(H,92,119)(H,93,118)(H,94,116)(H,95,120)(H,96,122)(H4,87,88,89)/t43-,52-,53?,54-,55?,56-,57?,58-,59?,61-,62?,66-,71+,86-/m0/s1. The molecule has 128 heavy (non-hydrogen) atoms. The molecular formula is C86H109N13O28S. The summed E-state index contributed by atoms with van der Waals surface area (Å²) >= 11 is 1.39. The second-order valence-corrected chi connectivity index (χ2v) is 33.2. The Balaban J connectivity index is 0.809. The van der Waals surface area contributed by atoms with Crippen LogP contribution in [0.5, 0.6) is 28.7 Å². The van der Waals surface area contributed by atoms with Crippen molar-refractivity contribution >= 4 is 106 Å². The number of benzene rings is 5. The summed E-state index contributed by atoms with van der Waals surface area (Å²) in [5.74, 6) is -14.2. The summed E-state index contributed by atoms with van der Waals surface area (Å²) in [6.45, 7) is 2.11. The maximum atomic E-state index is 14.7. The number of aliphatic hydroxyl groups excluding tert-OH is 5. The number of guanidine groups is 1. The highest BCUT2D eigenvalue weighted by molar-refractivity contribution is 8.00. The molecule has 692 valence electrons. The summed E-state index contributed by atoms with van der Waals surface area (Å²) in [5, 5.41) is 136. The van der Waals surface area contributed by atoms with Crippen molar-refractivity contribution in [3.63, 3.8) is 0 Å². The van der Waals surface area contributed by atoms with Crippen molar-refractivity contribution in [1.82, 2.24) is 52.9 Å². The number of imide groups is 1. The third-order valence-corrected chi connectivity index (χ3v) is 23.1. The Bertz CT molecular complexity index is 4910. The summed E-state index contributed by atoms with van der Waals surface area (Å²) in [5.41, 5.74) is 7.70. The molecule has 0 bridgehead atoms. The van der Waals surface area contributed by atoms with Crippen molar-refractivity contribution in [2.75, 3.05) is 57.8 Å². The molecule has 42 heteroatoms. The normalized spacial score (nSPS) is 19.8. The van der Waals surface area contributed by atoms with Gasteiger partial charge in [0, 0.05) is 80.4 Å². The molecule has 9 amide bonds. The molecule has 2 fully saturated rings. The number of ether oxygens (including phenoxy) is 4. The van der Waals surface area contributed by atoms with Crippen LogP contribution < -0.4 is 63.9 Å². The first-order chi connectivity index (χ1) is 60.9. The van der Waals surface area contributed by atoms with Gasteiger partial charge in [-0.3, -0.25) is 72.6 Å². The first kappa shape index (κ1) is 99.5. The third-order valence-electron chi connectivity index (χ3n) is 22.0. The van der Waals surface area contributed by atoms with Crippen LogP contribution in [0.25, 0.3) is 0 Å². The van der Waals surface area contributed by atoms with Crippen molar-refractivity contribution < 1.29 is 137 Å². The Labute approximate surface area is 738 Å². The largest absolute Gasteiger partial charge is 0.508 e. The molecule has 0 spiro atoms. The fourth-order valence-electron chi connectivity index (χ4n) is 15.2. The first-order valence-electron chi connectivity index (χ1n) is 41.5. The number of carbonyl (C=O) groups is 14. The van der Waals surface area contributed by atoms with Gasteiger partial charge in [-0.15, -0.1) is 11.8 Å². The number of aliphatic hydroxyl groups is 6. The molecule has 9 rings (SSSR count). The minimum absolute atomic E-state index is 0.00757. The second-order valence-electron chi connectivity index (χ2n) is 31.7. The van der Waals surface area contributed by atoms with Crippen molar-refractivity contribution in [3.05, 3.63) is 141 Å². The predicted molar refractivity (Wildman–Crippen MR) is 455 cm³/mol. The van der Waals surface area contributed by atoms with E-state index < -0.39 is 229 Å². The van der Waals surface area contributed by atoms with Gasteiger partial charge in [-0.2, -0.15) is 0 Å². The zero-order chi connectivity index (χ0) is 93.5. The number of unbranched alkanes of at least 4 members (excludes halogenated alkanes) is 2. The van der Waals surface area contributed by atoms with E-state index >= 15 is 0 Å². The van der Waals surface area contributed by atoms with Crippen LogP contribution in [0.3, 0.4) is 0 Å². The average molecular weight is 1800 g/mol.